The molecule has 0 bridgehead atoms. The number of nitrogens with two attached hydrogens (primary N) is 1. The molecule has 0 amide bonds. The summed E-state index contributed by atoms with van der Waals surface area (Å²) in [6.45, 7) is 1.02. The second-order valence-corrected chi connectivity index (χ2v) is 9.70. The van der Waals surface area contributed by atoms with Crippen LogP contribution < -0.4 is 5.73 Å². The summed E-state index contributed by atoms with van der Waals surface area (Å²) in [4.78, 5) is 8.42. The molecule has 1 fully saturated rings. The van der Waals surface area contributed by atoms with Gasteiger partial charge in [0.25, 0.3) is 0 Å². The molecule has 0 radical (unpaired) electrons. The lowest BCUT2D eigenvalue weighted by atomic mass is 10.0. The second kappa shape index (κ2) is 8.68. The van der Waals surface area contributed by atoms with E-state index in [0.717, 1.165) is 0 Å². The van der Waals surface area contributed by atoms with E-state index in [9.17, 15) is 13.5 Å². The SMILES string of the molecule is Nc1ncc(-c2ccc(-c3ccccc3[S+]([O-])N3CC[S+]([O-])CC3)cc2F)cn1. The molecule has 3 aromatic rings. The van der Waals surface area contributed by atoms with Crippen LogP contribution in [-0.4, -0.2) is 48.0 Å². The smallest absolute Gasteiger partial charge is 0.219 e. The molecule has 1 unspecified atom stereocenters. The van der Waals surface area contributed by atoms with Gasteiger partial charge in [-0.15, -0.1) is 4.31 Å². The number of rotatable bonds is 4. The minimum absolute atomic E-state index is 0.128. The van der Waals surface area contributed by atoms with E-state index in [1.54, 1.807) is 18.2 Å². The van der Waals surface area contributed by atoms with Crippen molar-refractivity contribution in [2.24, 2.45) is 0 Å². The van der Waals surface area contributed by atoms with Crippen LogP contribution >= 0.6 is 0 Å². The van der Waals surface area contributed by atoms with Crippen LogP contribution in [0, 0.1) is 5.82 Å². The van der Waals surface area contributed by atoms with Gasteiger partial charge in [0.15, 0.2) is 4.90 Å². The van der Waals surface area contributed by atoms with Gasteiger partial charge in [0.1, 0.15) is 17.3 Å². The summed E-state index contributed by atoms with van der Waals surface area (Å²) in [6.07, 6.45) is 2.95. The Balaban J connectivity index is 1.65. The van der Waals surface area contributed by atoms with Crippen LogP contribution in [0.3, 0.4) is 0 Å². The van der Waals surface area contributed by atoms with Crippen molar-refractivity contribution in [3.63, 3.8) is 0 Å². The summed E-state index contributed by atoms with van der Waals surface area (Å²) in [5, 5.41) is 0. The monoisotopic (exact) mass is 430 g/mol. The van der Waals surface area contributed by atoms with Crippen molar-refractivity contribution in [1.29, 1.82) is 0 Å². The first-order chi connectivity index (χ1) is 14.0. The van der Waals surface area contributed by atoms with E-state index in [1.165, 1.54) is 18.5 Å². The van der Waals surface area contributed by atoms with Crippen molar-refractivity contribution < 1.29 is 13.5 Å². The van der Waals surface area contributed by atoms with Crippen LogP contribution in [0.15, 0.2) is 59.8 Å². The first-order valence-corrected chi connectivity index (χ1v) is 11.6. The summed E-state index contributed by atoms with van der Waals surface area (Å²) in [5.41, 5.74) is 7.72. The predicted molar refractivity (Wildman–Crippen MR) is 113 cm³/mol. The molecule has 29 heavy (non-hydrogen) atoms. The number of nitrogen functional groups attached to an aromatic ring is 1. The van der Waals surface area contributed by atoms with Crippen LogP contribution in [0.4, 0.5) is 10.3 Å². The molecule has 1 aliphatic heterocycles. The Morgan fingerprint density at radius 2 is 1.69 bits per heavy atom. The zero-order valence-corrected chi connectivity index (χ0v) is 17.1. The Morgan fingerprint density at radius 3 is 2.38 bits per heavy atom. The summed E-state index contributed by atoms with van der Waals surface area (Å²) < 4.78 is 41.4. The van der Waals surface area contributed by atoms with Gasteiger partial charge in [-0.1, -0.05) is 35.4 Å². The van der Waals surface area contributed by atoms with Crippen LogP contribution in [0.25, 0.3) is 22.3 Å². The molecule has 4 rings (SSSR count). The standard InChI is InChI=1S/C20H19FN4O2S2/c21-18-11-14(5-6-16(18)15-12-23-20(22)24-13-15)17-3-1-2-4-19(17)29(27)25-7-9-28(26)10-8-25/h1-6,11-13H,7-10H2,(H2,22,23,24). The van der Waals surface area contributed by atoms with Crippen molar-refractivity contribution in [3.8, 4) is 22.3 Å². The van der Waals surface area contributed by atoms with Gasteiger partial charge in [0.05, 0.1) is 24.5 Å². The average molecular weight is 431 g/mol. The zero-order valence-electron chi connectivity index (χ0n) is 15.5. The first-order valence-electron chi connectivity index (χ1n) is 9.01. The molecule has 1 aliphatic rings. The maximum absolute atomic E-state index is 14.8. The van der Waals surface area contributed by atoms with Crippen molar-refractivity contribution >= 4 is 28.5 Å². The number of benzene rings is 2. The van der Waals surface area contributed by atoms with Gasteiger partial charge >= 0.3 is 0 Å². The highest BCUT2D eigenvalue weighted by molar-refractivity contribution is 7.92. The van der Waals surface area contributed by atoms with Gasteiger partial charge in [-0.05, 0) is 23.8 Å². The van der Waals surface area contributed by atoms with Crippen molar-refractivity contribution in [3.05, 3.63) is 60.7 Å². The fourth-order valence-corrected chi connectivity index (χ4v) is 5.82. The summed E-state index contributed by atoms with van der Waals surface area (Å²) in [7, 11) is 0. The minimum Gasteiger partial charge on any atom is -0.616 e. The Kier molecular flexibility index (Phi) is 6.02. The van der Waals surface area contributed by atoms with E-state index in [-0.39, 0.29) is 5.95 Å². The molecule has 1 atom stereocenters. The Hall–Kier alpha value is -2.17. The molecule has 150 valence electrons. The molecular weight excluding hydrogens is 411 g/mol. The number of halogens is 1. The fraction of sp³-hybridized carbons (Fsp3) is 0.200. The van der Waals surface area contributed by atoms with E-state index >= 15 is 0 Å². The topological polar surface area (TPSA) is 101 Å². The molecule has 0 saturated carbocycles. The Labute approximate surface area is 174 Å². The van der Waals surface area contributed by atoms with E-state index < -0.39 is 28.4 Å². The number of hydrogen-bond acceptors (Lipinski definition) is 6. The van der Waals surface area contributed by atoms with Crippen LogP contribution in [0.2, 0.25) is 0 Å². The number of anilines is 1. The quantitative estimate of drug-likeness (QED) is 0.639. The van der Waals surface area contributed by atoms with Crippen LogP contribution in [-0.2, 0) is 22.5 Å². The van der Waals surface area contributed by atoms with Gasteiger partial charge in [0.2, 0.25) is 5.95 Å². The molecule has 1 aromatic heterocycles. The molecule has 0 aliphatic carbocycles. The molecule has 2 aromatic carbocycles. The summed E-state index contributed by atoms with van der Waals surface area (Å²) >= 11 is -2.25. The van der Waals surface area contributed by atoms with E-state index in [4.69, 9.17) is 5.73 Å². The van der Waals surface area contributed by atoms with Crippen LogP contribution in [0.1, 0.15) is 0 Å². The molecular formula is C20H19FN4O2S2. The molecule has 6 nitrogen and oxygen atoms in total. The van der Waals surface area contributed by atoms with Crippen molar-refractivity contribution in [2.75, 3.05) is 30.3 Å². The lowest BCUT2D eigenvalue weighted by Crippen LogP contribution is -2.43. The third-order valence-electron chi connectivity index (χ3n) is 4.71. The third-order valence-corrected chi connectivity index (χ3v) is 7.55. The van der Waals surface area contributed by atoms with Crippen LogP contribution in [0.5, 0.6) is 0 Å². The zero-order chi connectivity index (χ0) is 20.4. The number of aromatic nitrogens is 2. The van der Waals surface area contributed by atoms with Gasteiger partial charge in [-0.25, -0.2) is 14.4 Å². The van der Waals surface area contributed by atoms with E-state index in [1.807, 2.05) is 22.5 Å². The minimum atomic E-state index is -1.40. The van der Waals surface area contributed by atoms with Gasteiger partial charge in [0, 0.05) is 29.1 Å². The van der Waals surface area contributed by atoms with E-state index in [2.05, 4.69) is 9.97 Å². The normalized spacial score (nSPS) is 16.7. The highest BCUT2D eigenvalue weighted by atomic mass is 32.2. The maximum Gasteiger partial charge on any atom is 0.219 e. The molecule has 1 saturated heterocycles. The largest absolute Gasteiger partial charge is 0.616 e. The lowest BCUT2D eigenvalue weighted by Gasteiger charge is -2.29. The van der Waals surface area contributed by atoms with Crippen molar-refractivity contribution in [1.82, 2.24) is 14.3 Å². The third kappa shape index (κ3) is 4.39. The van der Waals surface area contributed by atoms with Gasteiger partial charge in [-0.3, -0.25) is 0 Å². The summed E-state index contributed by atoms with van der Waals surface area (Å²) in [5.74, 6) is 0.732. The maximum atomic E-state index is 14.8. The summed E-state index contributed by atoms with van der Waals surface area (Å²) in [6, 6.07) is 12.1. The number of nitrogens with zero attached hydrogens (tertiary/aromatic N) is 3. The molecule has 0 spiro atoms. The first kappa shape index (κ1) is 20.1. The highest BCUT2D eigenvalue weighted by Gasteiger charge is 2.31. The van der Waals surface area contributed by atoms with E-state index in [0.29, 0.717) is 51.7 Å². The highest BCUT2D eigenvalue weighted by Crippen LogP contribution is 2.33. The average Bonchev–Trinajstić information content (AvgIpc) is 2.74. The Morgan fingerprint density at radius 1 is 1.00 bits per heavy atom. The molecule has 2 N–H and O–H groups in total. The van der Waals surface area contributed by atoms with Gasteiger partial charge < -0.3 is 14.8 Å². The molecule has 9 heteroatoms. The lowest BCUT2D eigenvalue weighted by molar-refractivity contribution is 0.430. The van der Waals surface area contributed by atoms with Crippen molar-refractivity contribution in [2.45, 2.75) is 4.90 Å². The Bertz CT molecular complexity index is 998. The molecule has 2 heterocycles. The predicted octanol–water partition coefficient (Wildman–Crippen LogP) is 2.62. The second-order valence-electron chi connectivity index (χ2n) is 6.55. The fourth-order valence-electron chi connectivity index (χ4n) is 3.18. The number of hydrogen-bond donors (Lipinski definition) is 1. The van der Waals surface area contributed by atoms with Gasteiger partial charge in [-0.2, -0.15) is 0 Å².